The summed E-state index contributed by atoms with van der Waals surface area (Å²) in [6.07, 6.45) is 6.79. The van der Waals surface area contributed by atoms with Crippen molar-refractivity contribution in [2.24, 2.45) is 23.5 Å². The first-order valence-electron chi connectivity index (χ1n) is 11.0. The molecule has 2 aliphatic carbocycles. The third-order valence-electron chi connectivity index (χ3n) is 7.59. The first-order chi connectivity index (χ1) is 13.5. The molecule has 1 aromatic carbocycles. The quantitative estimate of drug-likeness (QED) is 0.697. The van der Waals surface area contributed by atoms with Crippen LogP contribution in [0.4, 0.5) is 0 Å². The minimum absolute atomic E-state index is 0.00359. The zero-order valence-electron chi connectivity index (χ0n) is 16.7. The van der Waals surface area contributed by atoms with Gasteiger partial charge < -0.3 is 20.7 Å². The van der Waals surface area contributed by atoms with E-state index in [4.69, 9.17) is 5.73 Å². The molecule has 0 spiro atoms. The van der Waals surface area contributed by atoms with Crippen molar-refractivity contribution in [3.63, 3.8) is 0 Å². The Hall–Kier alpha value is -1.37. The van der Waals surface area contributed by atoms with Crippen LogP contribution in [-0.2, 0) is 11.3 Å². The van der Waals surface area contributed by atoms with Crippen LogP contribution in [0.1, 0.15) is 62.0 Å². The molecule has 4 N–H and O–H groups in total. The molecule has 0 aromatic heterocycles. The number of likely N-dealkylation sites (tertiary alicyclic amines) is 1. The van der Waals surface area contributed by atoms with E-state index in [1.54, 1.807) is 0 Å². The highest BCUT2D eigenvalue weighted by Crippen LogP contribution is 2.50. The summed E-state index contributed by atoms with van der Waals surface area (Å²) in [6.45, 7) is 2.26. The van der Waals surface area contributed by atoms with E-state index in [1.165, 1.54) is 11.1 Å². The number of nitrogens with two attached hydrogens (primary N) is 1. The first-order valence-corrected chi connectivity index (χ1v) is 11.0. The van der Waals surface area contributed by atoms with Crippen molar-refractivity contribution in [3.05, 3.63) is 35.4 Å². The summed E-state index contributed by atoms with van der Waals surface area (Å²) >= 11 is 0. The molecule has 6 heteroatoms. The van der Waals surface area contributed by atoms with E-state index in [1.807, 2.05) is 0 Å². The average molecular weight is 384 g/mol. The molecule has 28 heavy (non-hydrogen) atoms. The van der Waals surface area contributed by atoms with Gasteiger partial charge in [0, 0.05) is 25.6 Å². The van der Waals surface area contributed by atoms with Crippen LogP contribution >= 0.6 is 0 Å². The number of benzene rings is 1. The van der Waals surface area contributed by atoms with Gasteiger partial charge in [-0.25, -0.2) is 0 Å². The molecule has 0 radical (unpaired) electrons. The van der Waals surface area contributed by atoms with Crippen molar-refractivity contribution in [2.75, 3.05) is 13.1 Å². The van der Waals surface area contributed by atoms with Gasteiger partial charge in [0.2, 0.25) is 5.91 Å². The molecule has 152 valence electrons. The van der Waals surface area contributed by atoms with Crippen LogP contribution in [0, 0.1) is 17.8 Å². The van der Waals surface area contributed by atoms with Crippen molar-refractivity contribution < 1.29 is 14.8 Å². The number of hydrogen-bond donors (Lipinski definition) is 3. The van der Waals surface area contributed by atoms with Crippen molar-refractivity contribution >= 4 is 13.0 Å². The Labute approximate surface area is 168 Å². The molecule has 0 bridgehead atoms. The summed E-state index contributed by atoms with van der Waals surface area (Å²) in [4.78, 5) is 15.2. The smallest absolute Gasteiger partial charge is 0.427 e. The predicted octanol–water partition coefficient (Wildman–Crippen LogP) is 2.52. The Kier molecular flexibility index (Phi) is 6.09. The normalized spacial score (nSPS) is 30.9. The Morgan fingerprint density at radius 3 is 2.54 bits per heavy atom. The zero-order chi connectivity index (χ0) is 19.7. The molecule has 1 amide bonds. The van der Waals surface area contributed by atoms with Gasteiger partial charge in [0.15, 0.2) is 0 Å². The van der Waals surface area contributed by atoms with Gasteiger partial charge in [-0.3, -0.25) is 4.79 Å². The van der Waals surface area contributed by atoms with Crippen LogP contribution in [-0.4, -0.2) is 41.1 Å². The van der Waals surface area contributed by atoms with E-state index in [2.05, 4.69) is 29.2 Å². The molecule has 3 fully saturated rings. The summed E-state index contributed by atoms with van der Waals surface area (Å²) < 4.78 is 0. The monoisotopic (exact) mass is 384 g/mol. The van der Waals surface area contributed by atoms with Gasteiger partial charge in [0.25, 0.3) is 0 Å². The lowest BCUT2D eigenvalue weighted by Crippen LogP contribution is -2.43. The van der Waals surface area contributed by atoms with Crippen LogP contribution in [0.15, 0.2) is 24.3 Å². The van der Waals surface area contributed by atoms with Gasteiger partial charge in [-0.2, -0.15) is 0 Å². The van der Waals surface area contributed by atoms with Crippen LogP contribution in [0.25, 0.3) is 0 Å². The van der Waals surface area contributed by atoms with E-state index in [9.17, 15) is 14.8 Å². The minimum Gasteiger partial charge on any atom is -0.427 e. The Morgan fingerprint density at radius 2 is 1.82 bits per heavy atom. The molecule has 4 rings (SSSR count). The number of amides is 1. The minimum atomic E-state index is -1.20. The number of carbonyl (C=O) groups excluding carboxylic acids is 1. The van der Waals surface area contributed by atoms with Crippen LogP contribution < -0.4 is 5.73 Å². The fourth-order valence-electron chi connectivity index (χ4n) is 5.93. The number of fused-ring (bicyclic) bond motifs is 1. The largest absolute Gasteiger partial charge is 0.454 e. The zero-order valence-corrected chi connectivity index (χ0v) is 16.7. The third kappa shape index (κ3) is 4.14. The second-order valence-electron chi connectivity index (χ2n) is 9.22. The van der Waals surface area contributed by atoms with Gasteiger partial charge in [-0.05, 0) is 79.6 Å². The van der Waals surface area contributed by atoms with Crippen LogP contribution in [0.2, 0.25) is 5.82 Å². The van der Waals surface area contributed by atoms with Gasteiger partial charge in [-0.1, -0.05) is 24.3 Å². The average Bonchev–Trinajstić information content (AvgIpc) is 3.17. The molecule has 1 aromatic rings. The highest BCUT2D eigenvalue weighted by Gasteiger charge is 2.44. The lowest BCUT2D eigenvalue weighted by molar-refractivity contribution is -0.138. The molecule has 4 unspecified atom stereocenters. The number of carbonyl (C=O) groups is 1. The predicted molar refractivity (Wildman–Crippen MR) is 110 cm³/mol. The summed E-state index contributed by atoms with van der Waals surface area (Å²) in [5.41, 5.74) is 8.31. The summed E-state index contributed by atoms with van der Waals surface area (Å²) in [5.74, 6) is 2.06. The molecule has 1 heterocycles. The molecule has 2 saturated carbocycles. The van der Waals surface area contributed by atoms with Crippen molar-refractivity contribution in [1.82, 2.24) is 4.90 Å². The van der Waals surface area contributed by atoms with E-state index in [0.717, 1.165) is 58.0 Å². The topological polar surface area (TPSA) is 86.8 Å². The van der Waals surface area contributed by atoms with Crippen LogP contribution in [0.3, 0.4) is 0 Å². The number of rotatable bonds is 4. The first kappa shape index (κ1) is 19.9. The molecule has 3 aliphatic rings. The van der Waals surface area contributed by atoms with Crippen molar-refractivity contribution in [2.45, 2.75) is 63.2 Å². The summed E-state index contributed by atoms with van der Waals surface area (Å²) in [7, 11) is -1.20. The maximum Gasteiger partial charge on any atom is 0.454 e. The van der Waals surface area contributed by atoms with Gasteiger partial charge in [0.05, 0.1) is 0 Å². The van der Waals surface area contributed by atoms with Crippen molar-refractivity contribution in [1.29, 1.82) is 0 Å². The van der Waals surface area contributed by atoms with Gasteiger partial charge >= 0.3 is 7.12 Å². The third-order valence-corrected chi connectivity index (χ3v) is 7.59. The van der Waals surface area contributed by atoms with E-state index in [0.29, 0.717) is 30.2 Å². The fraction of sp³-hybridized carbons (Fsp3) is 0.682. The summed E-state index contributed by atoms with van der Waals surface area (Å²) in [6, 6.07) is 8.57. The maximum absolute atomic E-state index is 13.1. The molecular formula is C22H33BN2O3. The standard InChI is InChI=1S/C22H33BN2O3/c24-14-15-2-1-3-17(10-15)16-6-8-25(9-7-16)22(26)19-5-4-18-12-21(23(27)28)13-20(18)11-19/h1-3,10,16,18-21,27-28H,4-9,11-14,24H2. The Morgan fingerprint density at radius 1 is 1.07 bits per heavy atom. The number of nitrogens with zero attached hydrogens (tertiary/aromatic N) is 1. The molecule has 4 atom stereocenters. The van der Waals surface area contributed by atoms with Crippen LogP contribution in [0.5, 0.6) is 0 Å². The molecule has 5 nitrogen and oxygen atoms in total. The maximum atomic E-state index is 13.1. The molecular weight excluding hydrogens is 351 g/mol. The SMILES string of the molecule is NCc1cccc(C2CCN(C(=O)C3CCC4CC(B(O)O)CC4C3)CC2)c1. The van der Waals surface area contributed by atoms with E-state index in [-0.39, 0.29) is 11.7 Å². The van der Waals surface area contributed by atoms with Gasteiger partial charge in [-0.15, -0.1) is 0 Å². The molecule has 1 saturated heterocycles. The van der Waals surface area contributed by atoms with E-state index < -0.39 is 7.12 Å². The number of hydrogen-bond acceptors (Lipinski definition) is 4. The van der Waals surface area contributed by atoms with Crippen molar-refractivity contribution in [3.8, 4) is 0 Å². The highest BCUT2D eigenvalue weighted by atomic mass is 16.4. The second-order valence-corrected chi connectivity index (χ2v) is 9.22. The van der Waals surface area contributed by atoms with Gasteiger partial charge in [0.1, 0.15) is 0 Å². The summed E-state index contributed by atoms with van der Waals surface area (Å²) in [5, 5.41) is 19.0. The Bertz CT molecular complexity index is 690. The Balaban J connectivity index is 1.31. The highest BCUT2D eigenvalue weighted by molar-refractivity contribution is 6.43. The molecule has 1 aliphatic heterocycles. The fourth-order valence-corrected chi connectivity index (χ4v) is 5.93. The number of piperidine rings is 1. The second kappa shape index (κ2) is 8.56. The van der Waals surface area contributed by atoms with E-state index >= 15 is 0 Å². The lowest BCUT2D eigenvalue weighted by Gasteiger charge is -2.37. The lowest BCUT2D eigenvalue weighted by atomic mass is 9.71.